The minimum absolute atomic E-state index is 0.466. The van der Waals surface area contributed by atoms with Gasteiger partial charge in [-0.3, -0.25) is 4.68 Å². The SMILES string of the molecule is CC(C)c1sc(CN)nc1-c1cnn(C)c1. The number of aryl methyl sites for hydroxylation is 1. The van der Waals surface area contributed by atoms with Crippen molar-refractivity contribution in [2.75, 3.05) is 0 Å². The molecule has 0 aliphatic heterocycles. The van der Waals surface area contributed by atoms with Gasteiger partial charge in [-0.2, -0.15) is 5.10 Å². The van der Waals surface area contributed by atoms with Gasteiger partial charge in [0.15, 0.2) is 0 Å². The van der Waals surface area contributed by atoms with E-state index in [2.05, 4.69) is 23.9 Å². The lowest BCUT2D eigenvalue weighted by atomic mass is 10.1. The van der Waals surface area contributed by atoms with Gasteiger partial charge in [0.1, 0.15) is 5.01 Å². The maximum atomic E-state index is 5.64. The molecule has 2 aromatic rings. The average Bonchev–Trinajstić information content (AvgIpc) is 2.82. The molecule has 2 heterocycles. The van der Waals surface area contributed by atoms with Crippen LogP contribution in [0.3, 0.4) is 0 Å². The van der Waals surface area contributed by atoms with Crippen LogP contribution in [0.2, 0.25) is 0 Å². The summed E-state index contributed by atoms with van der Waals surface area (Å²) >= 11 is 1.70. The zero-order chi connectivity index (χ0) is 11.7. The Morgan fingerprint density at radius 1 is 1.50 bits per heavy atom. The summed E-state index contributed by atoms with van der Waals surface area (Å²) in [6, 6.07) is 0. The van der Waals surface area contributed by atoms with E-state index in [1.54, 1.807) is 16.0 Å². The first-order valence-corrected chi connectivity index (χ1v) is 6.12. The molecule has 0 aliphatic carbocycles. The van der Waals surface area contributed by atoms with Crippen LogP contribution in [0, 0.1) is 0 Å². The fourth-order valence-electron chi connectivity index (χ4n) is 1.61. The molecule has 0 spiro atoms. The van der Waals surface area contributed by atoms with E-state index in [1.165, 1.54) is 4.88 Å². The number of aromatic nitrogens is 3. The fraction of sp³-hybridized carbons (Fsp3) is 0.455. The highest BCUT2D eigenvalue weighted by molar-refractivity contribution is 7.12. The average molecular weight is 236 g/mol. The third-order valence-electron chi connectivity index (χ3n) is 2.37. The summed E-state index contributed by atoms with van der Waals surface area (Å²) in [5.41, 5.74) is 7.75. The Kier molecular flexibility index (Phi) is 3.07. The highest BCUT2D eigenvalue weighted by atomic mass is 32.1. The molecular weight excluding hydrogens is 220 g/mol. The monoisotopic (exact) mass is 236 g/mol. The third-order valence-corrected chi connectivity index (χ3v) is 3.75. The molecule has 0 bridgehead atoms. The zero-order valence-electron chi connectivity index (χ0n) is 9.77. The number of rotatable bonds is 3. The van der Waals surface area contributed by atoms with Crippen LogP contribution in [-0.4, -0.2) is 14.8 Å². The summed E-state index contributed by atoms with van der Waals surface area (Å²) in [7, 11) is 1.91. The molecular formula is C11H16N4S. The second kappa shape index (κ2) is 4.35. The zero-order valence-corrected chi connectivity index (χ0v) is 10.6. The fourth-order valence-corrected chi connectivity index (χ4v) is 2.58. The lowest BCUT2D eigenvalue weighted by molar-refractivity contribution is 0.768. The molecule has 5 heteroatoms. The number of hydrogen-bond acceptors (Lipinski definition) is 4. The van der Waals surface area contributed by atoms with Gasteiger partial charge < -0.3 is 5.73 Å². The van der Waals surface area contributed by atoms with Crippen LogP contribution in [0.5, 0.6) is 0 Å². The van der Waals surface area contributed by atoms with Gasteiger partial charge in [-0.05, 0) is 5.92 Å². The summed E-state index contributed by atoms with van der Waals surface area (Å²) in [6.45, 7) is 4.85. The van der Waals surface area contributed by atoms with Crippen LogP contribution >= 0.6 is 11.3 Å². The van der Waals surface area contributed by atoms with Gasteiger partial charge in [0.25, 0.3) is 0 Å². The van der Waals surface area contributed by atoms with Crippen LogP contribution < -0.4 is 5.73 Å². The molecule has 0 aliphatic rings. The molecule has 2 rings (SSSR count). The summed E-state index contributed by atoms with van der Waals surface area (Å²) in [6.07, 6.45) is 3.84. The van der Waals surface area contributed by atoms with Gasteiger partial charge in [-0.15, -0.1) is 11.3 Å². The molecule has 0 saturated carbocycles. The molecule has 0 unspecified atom stereocenters. The number of nitrogens with two attached hydrogens (primary N) is 1. The summed E-state index contributed by atoms with van der Waals surface area (Å²) in [5, 5.41) is 5.17. The minimum Gasteiger partial charge on any atom is -0.325 e. The first-order valence-electron chi connectivity index (χ1n) is 5.30. The predicted octanol–water partition coefficient (Wildman–Crippen LogP) is 2.13. The number of thiazole rings is 1. The van der Waals surface area contributed by atoms with Crippen LogP contribution in [0.4, 0.5) is 0 Å². The lowest BCUT2D eigenvalue weighted by Crippen LogP contribution is -1.94. The van der Waals surface area contributed by atoms with E-state index in [0.29, 0.717) is 12.5 Å². The molecule has 0 amide bonds. The second-order valence-electron chi connectivity index (χ2n) is 4.08. The highest BCUT2D eigenvalue weighted by Gasteiger charge is 2.16. The van der Waals surface area contributed by atoms with E-state index < -0.39 is 0 Å². The topological polar surface area (TPSA) is 56.7 Å². The largest absolute Gasteiger partial charge is 0.325 e. The maximum Gasteiger partial charge on any atom is 0.107 e. The molecule has 4 nitrogen and oxygen atoms in total. The first-order chi connectivity index (χ1) is 7.61. The standard InChI is InChI=1S/C11H16N4S/c1-7(2)11-10(14-9(4-12)16-11)8-5-13-15(3)6-8/h5-7H,4,12H2,1-3H3. The molecule has 16 heavy (non-hydrogen) atoms. The van der Waals surface area contributed by atoms with Crippen molar-refractivity contribution in [2.24, 2.45) is 12.8 Å². The van der Waals surface area contributed by atoms with Gasteiger partial charge in [0.05, 0.1) is 11.9 Å². The quantitative estimate of drug-likeness (QED) is 0.888. The molecule has 2 N–H and O–H groups in total. The molecule has 0 saturated heterocycles. The number of hydrogen-bond donors (Lipinski definition) is 1. The Morgan fingerprint density at radius 2 is 2.25 bits per heavy atom. The van der Waals surface area contributed by atoms with Crippen LogP contribution in [-0.2, 0) is 13.6 Å². The number of nitrogens with zero attached hydrogens (tertiary/aromatic N) is 3. The van der Waals surface area contributed by atoms with Crippen molar-refractivity contribution in [3.05, 3.63) is 22.3 Å². The Hall–Kier alpha value is -1.20. The molecule has 0 aromatic carbocycles. The third kappa shape index (κ3) is 2.01. The minimum atomic E-state index is 0.466. The van der Waals surface area contributed by atoms with Crippen molar-refractivity contribution in [1.82, 2.24) is 14.8 Å². The maximum absolute atomic E-state index is 5.64. The van der Waals surface area contributed by atoms with E-state index >= 15 is 0 Å². The normalized spacial score (nSPS) is 11.3. The van der Waals surface area contributed by atoms with Crippen molar-refractivity contribution in [3.8, 4) is 11.3 Å². The van der Waals surface area contributed by atoms with E-state index in [0.717, 1.165) is 16.3 Å². The molecule has 0 radical (unpaired) electrons. The van der Waals surface area contributed by atoms with Crippen molar-refractivity contribution in [1.29, 1.82) is 0 Å². The lowest BCUT2D eigenvalue weighted by Gasteiger charge is -2.02. The van der Waals surface area contributed by atoms with Gasteiger partial charge in [0, 0.05) is 30.2 Å². The van der Waals surface area contributed by atoms with E-state index in [4.69, 9.17) is 5.73 Å². The van der Waals surface area contributed by atoms with Crippen molar-refractivity contribution in [2.45, 2.75) is 26.3 Å². The van der Waals surface area contributed by atoms with Gasteiger partial charge in [-0.1, -0.05) is 13.8 Å². The Bertz CT molecular complexity index is 484. The van der Waals surface area contributed by atoms with Crippen molar-refractivity contribution >= 4 is 11.3 Å². The van der Waals surface area contributed by atoms with E-state index in [9.17, 15) is 0 Å². The highest BCUT2D eigenvalue weighted by Crippen LogP contribution is 2.33. The first kappa shape index (κ1) is 11.3. The molecule has 2 aromatic heterocycles. The Balaban J connectivity index is 2.50. The molecule has 0 fully saturated rings. The summed E-state index contributed by atoms with van der Waals surface area (Å²) in [5.74, 6) is 0.466. The van der Waals surface area contributed by atoms with E-state index in [1.807, 2.05) is 19.4 Å². The van der Waals surface area contributed by atoms with Crippen LogP contribution in [0.15, 0.2) is 12.4 Å². The van der Waals surface area contributed by atoms with Gasteiger partial charge in [-0.25, -0.2) is 4.98 Å². The van der Waals surface area contributed by atoms with Crippen molar-refractivity contribution < 1.29 is 0 Å². The van der Waals surface area contributed by atoms with Crippen LogP contribution in [0.25, 0.3) is 11.3 Å². The Morgan fingerprint density at radius 3 is 2.75 bits per heavy atom. The van der Waals surface area contributed by atoms with Crippen molar-refractivity contribution in [3.63, 3.8) is 0 Å². The van der Waals surface area contributed by atoms with Gasteiger partial charge in [0.2, 0.25) is 0 Å². The van der Waals surface area contributed by atoms with Gasteiger partial charge >= 0.3 is 0 Å². The summed E-state index contributed by atoms with van der Waals surface area (Å²) < 4.78 is 1.79. The molecule has 86 valence electrons. The van der Waals surface area contributed by atoms with E-state index in [-0.39, 0.29) is 0 Å². The van der Waals surface area contributed by atoms with Crippen LogP contribution in [0.1, 0.15) is 29.7 Å². The smallest absolute Gasteiger partial charge is 0.107 e. The summed E-state index contributed by atoms with van der Waals surface area (Å²) in [4.78, 5) is 5.86. The predicted molar refractivity (Wildman–Crippen MR) is 66.3 cm³/mol. The Labute approximate surface area is 99.1 Å². The second-order valence-corrected chi connectivity index (χ2v) is 5.20. The molecule has 0 atom stereocenters.